The highest BCUT2D eigenvalue weighted by Gasteiger charge is 2.14. The average molecular weight is 416 g/mol. The Hall–Kier alpha value is -1.60. The van der Waals surface area contributed by atoms with Crippen LogP contribution in [0.25, 0.3) is 0 Å². The van der Waals surface area contributed by atoms with Crippen LogP contribution in [-0.2, 0) is 6.54 Å². The predicted molar refractivity (Wildman–Crippen MR) is 88.8 cm³/mol. The fraction of sp³-hybridized carbons (Fsp3) is 0.143. The van der Waals surface area contributed by atoms with Gasteiger partial charge in [0.1, 0.15) is 0 Å². The summed E-state index contributed by atoms with van der Waals surface area (Å²) in [5, 5.41) is 14.1. The van der Waals surface area contributed by atoms with E-state index in [2.05, 4.69) is 37.2 Å². The summed E-state index contributed by atoms with van der Waals surface area (Å²) in [7, 11) is 1.41. The largest absolute Gasteiger partial charge is 0.490 e. The van der Waals surface area contributed by atoms with Gasteiger partial charge in [0.05, 0.1) is 12.0 Å². The molecular formula is C14H12Br2N2O3. The first-order valence-corrected chi connectivity index (χ1v) is 7.60. The van der Waals surface area contributed by atoms with Crippen molar-refractivity contribution in [3.63, 3.8) is 0 Å². The lowest BCUT2D eigenvalue weighted by molar-refractivity contribution is -0.385. The van der Waals surface area contributed by atoms with E-state index in [1.807, 2.05) is 18.2 Å². The zero-order valence-corrected chi connectivity index (χ0v) is 14.3. The third-order valence-corrected chi connectivity index (χ3v) is 4.74. The van der Waals surface area contributed by atoms with Gasteiger partial charge in [0.15, 0.2) is 5.75 Å². The van der Waals surface area contributed by atoms with Gasteiger partial charge in [-0.1, -0.05) is 6.07 Å². The third-order valence-electron chi connectivity index (χ3n) is 2.86. The molecule has 0 radical (unpaired) electrons. The van der Waals surface area contributed by atoms with Crippen LogP contribution in [0.15, 0.2) is 45.3 Å². The molecule has 0 fully saturated rings. The van der Waals surface area contributed by atoms with Gasteiger partial charge in [-0.2, -0.15) is 0 Å². The molecule has 2 aromatic rings. The zero-order chi connectivity index (χ0) is 15.4. The Morgan fingerprint density at radius 1 is 1.19 bits per heavy atom. The van der Waals surface area contributed by atoms with Crippen molar-refractivity contribution < 1.29 is 9.66 Å². The number of hydrogen-bond acceptors (Lipinski definition) is 4. The van der Waals surface area contributed by atoms with Crippen LogP contribution >= 0.6 is 31.9 Å². The molecule has 0 aliphatic heterocycles. The van der Waals surface area contributed by atoms with E-state index < -0.39 is 4.92 Å². The van der Waals surface area contributed by atoms with Gasteiger partial charge in [-0.05, 0) is 61.7 Å². The van der Waals surface area contributed by atoms with Gasteiger partial charge >= 0.3 is 5.69 Å². The molecule has 0 amide bonds. The molecule has 0 unspecified atom stereocenters. The van der Waals surface area contributed by atoms with Gasteiger partial charge in [-0.3, -0.25) is 10.1 Å². The predicted octanol–water partition coefficient (Wildman–Crippen LogP) is 4.74. The van der Waals surface area contributed by atoms with E-state index in [4.69, 9.17) is 4.74 Å². The molecule has 0 atom stereocenters. The van der Waals surface area contributed by atoms with Crippen LogP contribution in [-0.4, -0.2) is 12.0 Å². The van der Waals surface area contributed by atoms with Crippen LogP contribution in [0.4, 0.5) is 11.4 Å². The minimum atomic E-state index is -0.458. The molecule has 5 nitrogen and oxygen atoms in total. The van der Waals surface area contributed by atoms with Gasteiger partial charge in [0.25, 0.3) is 0 Å². The maximum absolute atomic E-state index is 11.0. The monoisotopic (exact) mass is 414 g/mol. The number of rotatable bonds is 5. The molecule has 0 saturated heterocycles. The Balaban J connectivity index is 2.14. The van der Waals surface area contributed by atoms with Crippen molar-refractivity contribution in [2.45, 2.75) is 6.54 Å². The summed E-state index contributed by atoms with van der Waals surface area (Å²) in [6.45, 7) is 0.565. The minimum Gasteiger partial charge on any atom is -0.490 e. The SMILES string of the molecule is COc1ccc(NCc2ccc(Br)c(Br)c2)cc1[N+](=O)[O-]. The van der Waals surface area contributed by atoms with E-state index in [1.165, 1.54) is 13.2 Å². The molecule has 0 aromatic heterocycles. The second-order valence-electron chi connectivity index (χ2n) is 4.25. The smallest absolute Gasteiger partial charge is 0.312 e. The highest BCUT2D eigenvalue weighted by Crippen LogP contribution is 2.30. The summed E-state index contributed by atoms with van der Waals surface area (Å²) in [5.41, 5.74) is 1.67. The van der Waals surface area contributed by atoms with Crippen LogP contribution in [0.3, 0.4) is 0 Å². The van der Waals surface area contributed by atoms with Crippen LogP contribution in [0.1, 0.15) is 5.56 Å². The number of anilines is 1. The van der Waals surface area contributed by atoms with Gasteiger partial charge in [-0.25, -0.2) is 0 Å². The van der Waals surface area contributed by atoms with Crippen molar-refractivity contribution in [3.8, 4) is 5.75 Å². The average Bonchev–Trinajstić information content (AvgIpc) is 2.48. The van der Waals surface area contributed by atoms with Crippen LogP contribution in [0.5, 0.6) is 5.75 Å². The number of ether oxygens (including phenoxy) is 1. The number of methoxy groups -OCH3 is 1. The molecule has 7 heteroatoms. The molecule has 0 aliphatic carbocycles. The number of benzene rings is 2. The first-order chi connectivity index (χ1) is 10.0. The van der Waals surface area contributed by atoms with E-state index in [-0.39, 0.29) is 11.4 Å². The summed E-state index contributed by atoms with van der Waals surface area (Å²) in [5.74, 6) is 0.247. The van der Waals surface area contributed by atoms with Gasteiger partial charge < -0.3 is 10.1 Å². The van der Waals surface area contributed by atoms with E-state index >= 15 is 0 Å². The molecule has 0 aliphatic rings. The van der Waals surface area contributed by atoms with Crippen molar-refractivity contribution in [2.75, 3.05) is 12.4 Å². The molecular weight excluding hydrogens is 404 g/mol. The lowest BCUT2D eigenvalue weighted by Gasteiger charge is -2.09. The molecule has 2 aromatic carbocycles. The summed E-state index contributed by atoms with van der Waals surface area (Å²) >= 11 is 6.85. The topological polar surface area (TPSA) is 64.4 Å². The lowest BCUT2D eigenvalue weighted by Crippen LogP contribution is -2.01. The fourth-order valence-electron chi connectivity index (χ4n) is 1.80. The Labute approximate surface area is 138 Å². The Bertz CT molecular complexity index is 677. The molecule has 0 saturated carbocycles. The van der Waals surface area contributed by atoms with E-state index in [0.717, 1.165) is 14.5 Å². The van der Waals surface area contributed by atoms with Crippen molar-refractivity contribution >= 4 is 43.2 Å². The van der Waals surface area contributed by atoms with Gasteiger partial charge in [-0.15, -0.1) is 0 Å². The van der Waals surface area contributed by atoms with Crippen molar-refractivity contribution in [2.24, 2.45) is 0 Å². The Kier molecular flexibility index (Phi) is 5.19. The molecule has 1 N–H and O–H groups in total. The molecule has 0 heterocycles. The van der Waals surface area contributed by atoms with Crippen molar-refractivity contribution in [3.05, 3.63) is 61.0 Å². The molecule has 110 valence electrons. The van der Waals surface area contributed by atoms with Crippen LogP contribution in [0.2, 0.25) is 0 Å². The van der Waals surface area contributed by atoms with Gasteiger partial charge in [0, 0.05) is 27.2 Å². The number of nitrogens with zero attached hydrogens (tertiary/aromatic N) is 1. The van der Waals surface area contributed by atoms with Crippen LogP contribution in [0, 0.1) is 10.1 Å². The quantitative estimate of drug-likeness (QED) is 0.565. The number of nitro groups is 1. The first-order valence-electron chi connectivity index (χ1n) is 6.01. The molecule has 0 spiro atoms. The maximum Gasteiger partial charge on any atom is 0.312 e. The first kappa shape index (κ1) is 15.8. The van der Waals surface area contributed by atoms with Crippen molar-refractivity contribution in [1.82, 2.24) is 0 Å². The van der Waals surface area contributed by atoms with E-state index in [0.29, 0.717) is 12.2 Å². The fourth-order valence-corrected chi connectivity index (χ4v) is 2.47. The number of nitrogens with one attached hydrogen (secondary N) is 1. The van der Waals surface area contributed by atoms with Crippen LogP contribution < -0.4 is 10.1 Å². The summed E-state index contributed by atoms with van der Waals surface area (Å²) in [4.78, 5) is 10.5. The molecule has 21 heavy (non-hydrogen) atoms. The number of hydrogen-bond donors (Lipinski definition) is 1. The van der Waals surface area contributed by atoms with Gasteiger partial charge in [0.2, 0.25) is 0 Å². The normalized spacial score (nSPS) is 10.2. The maximum atomic E-state index is 11.0. The lowest BCUT2D eigenvalue weighted by atomic mass is 10.2. The summed E-state index contributed by atoms with van der Waals surface area (Å²) in [6.07, 6.45) is 0. The summed E-state index contributed by atoms with van der Waals surface area (Å²) < 4.78 is 6.91. The second-order valence-corrected chi connectivity index (χ2v) is 5.95. The highest BCUT2D eigenvalue weighted by molar-refractivity contribution is 9.13. The standard InChI is InChI=1S/C14H12Br2N2O3/c1-21-14-5-3-10(7-13(14)18(19)20)17-8-9-2-4-11(15)12(16)6-9/h2-7,17H,8H2,1H3. The third kappa shape index (κ3) is 3.95. The summed E-state index contributed by atoms with van der Waals surface area (Å²) in [6, 6.07) is 10.7. The highest BCUT2D eigenvalue weighted by atomic mass is 79.9. The van der Waals surface area contributed by atoms with E-state index in [9.17, 15) is 10.1 Å². The molecule has 0 bridgehead atoms. The molecule has 2 rings (SSSR count). The number of halogens is 2. The van der Waals surface area contributed by atoms with Crippen molar-refractivity contribution in [1.29, 1.82) is 0 Å². The van der Waals surface area contributed by atoms with E-state index in [1.54, 1.807) is 12.1 Å². The zero-order valence-electron chi connectivity index (χ0n) is 11.1. The number of nitro benzene ring substituents is 1. The Morgan fingerprint density at radius 3 is 2.57 bits per heavy atom. The second kappa shape index (κ2) is 6.91. The minimum absolute atomic E-state index is 0.0560. The Morgan fingerprint density at radius 2 is 1.95 bits per heavy atom.